The SMILES string of the molecule is CC1CCNc2c(Cl)cc(Cl)cc21. The topological polar surface area (TPSA) is 12.0 Å². The van der Waals surface area contributed by atoms with Crippen LogP contribution < -0.4 is 5.32 Å². The Morgan fingerprint density at radius 2 is 2.15 bits per heavy atom. The van der Waals surface area contributed by atoms with Gasteiger partial charge >= 0.3 is 0 Å². The van der Waals surface area contributed by atoms with Gasteiger partial charge in [0.25, 0.3) is 0 Å². The van der Waals surface area contributed by atoms with Crippen LogP contribution in [0.2, 0.25) is 10.0 Å². The third kappa shape index (κ3) is 1.63. The highest BCUT2D eigenvalue weighted by atomic mass is 35.5. The first kappa shape index (κ1) is 9.17. The largest absolute Gasteiger partial charge is 0.384 e. The Bertz CT molecular complexity index is 336. The highest BCUT2D eigenvalue weighted by Gasteiger charge is 2.18. The predicted octanol–water partition coefficient (Wildman–Crippen LogP) is 3.91. The second kappa shape index (κ2) is 3.39. The molecule has 0 bridgehead atoms. The number of benzene rings is 1. The van der Waals surface area contributed by atoms with Crippen molar-refractivity contribution in [3.63, 3.8) is 0 Å². The van der Waals surface area contributed by atoms with E-state index in [0.717, 1.165) is 28.7 Å². The van der Waals surface area contributed by atoms with Gasteiger partial charge in [0.2, 0.25) is 0 Å². The molecule has 1 aromatic carbocycles. The van der Waals surface area contributed by atoms with E-state index in [2.05, 4.69) is 12.2 Å². The first-order valence-electron chi connectivity index (χ1n) is 4.41. The summed E-state index contributed by atoms with van der Waals surface area (Å²) in [5.74, 6) is 0.549. The molecular weight excluding hydrogens is 205 g/mol. The molecule has 2 rings (SSSR count). The molecule has 3 heteroatoms. The lowest BCUT2D eigenvalue weighted by molar-refractivity contribution is 0.684. The molecule has 1 unspecified atom stereocenters. The summed E-state index contributed by atoms with van der Waals surface area (Å²) in [6, 6.07) is 3.78. The van der Waals surface area contributed by atoms with E-state index in [4.69, 9.17) is 23.2 Å². The van der Waals surface area contributed by atoms with Crippen LogP contribution in [0.25, 0.3) is 0 Å². The average molecular weight is 216 g/mol. The van der Waals surface area contributed by atoms with Crippen molar-refractivity contribution in [2.24, 2.45) is 0 Å². The summed E-state index contributed by atoms with van der Waals surface area (Å²) in [6.07, 6.45) is 1.14. The lowest BCUT2D eigenvalue weighted by atomic mass is 9.93. The summed E-state index contributed by atoms with van der Waals surface area (Å²) in [4.78, 5) is 0. The Morgan fingerprint density at radius 1 is 1.38 bits per heavy atom. The third-order valence-electron chi connectivity index (χ3n) is 2.50. The molecule has 1 aromatic rings. The zero-order chi connectivity index (χ0) is 9.42. The molecule has 1 aliphatic rings. The highest BCUT2D eigenvalue weighted by molar-refractivity contribution is 6.36. The van der Waals surface area contributed by atoms with Crippen LogP contribution in [0.1, 0.15) is 24.8 Å². The fraction of sp³-hybridized carbons (Fsp3) is 0.400. The first-order valence-corrected chi connectivity index (χ1v) is 5.17. The number of fused-ring (bicyclic) bond motifs is 1. The van der Waals surface area contributed by atoms with Gasteiger partial charge in [0.05, 0.1) is 10.7 Å². The molecule has 0 aromatic heterocycles. The van der Waals surface area contributed by atoms with Gasteiger partial charge in [-0.15, -0.1) is 0 Å². The van der Waals surface area contributed by atoms with Crippen molar-refractivity contribution in [3.05, 3.63) is 27.7 Å². The van der Waals surface area contributed by atoms with E-state index in [9.17, 15) is 0 Å². The minimum Gasteiger partial charge on any atom is -0.384 e. The molecule has 70 valence electrons. The Balaban J connectivity index is 2.56. The van der Waals surface area contributed by atoms with Crippen LogP contribution >= 0.6 is 23.2 Å². The van der Waals surface area contributed by atoms with Crippen LogP contribution in [0.4, 0.5) is 5.69 Å². The van der Waals surface area contributed by atoms with E-state index in [1.54, 1.807) is 6.07 Å². The van der Waals surface area contributed by atoms with Crippen molar-refractivity contribution < 1.29 is 0 Å². The molecule has 0 radical (unpaired) electrons. The van der Waals surface area contributed by atoms with Crippen LogP contribution in [0.3, 0.4) is 0 Å². The van der Waals surface area contributed by atoms with E-state index >= 15 is 0 Å². The van der Waals surface area contributed by atoms with E-state index in [0.29, 0.717) is 5.92 Å². The molecule has 0 amide bonds. The van der Waals surface area contributed by atoms with Crippen LogP contribution in [0, 0.1) is 0 Å². The number of nitrogens with one attached hydrogen (secondary N) is 1. The molecule has 0 saturated heterocycles. The first-order chi connectivity index (χ1) is 6.18. The summed E-state index contributed by atoms with van der Waals surface area (Å²) in [7, 11) is 0. The molecule has 1 aliphatic heterocycles. The van der Waals surface area contributed by atoms with Crippen molar-refractivity contribution >= 4 is 28.9 Å². The van der Waals surface area contributed by atoms with Gasteiger partial charge in [-0.2, -0.15) is 0 Å². The molecule has 1 heterocycles. The fourth-order valence-corrected chi connectivity index (χ4v) is 2.31. The van der Waals surface area contributed by atoms with Crippen LogP contribution in [-0.2, 0) is 0 Å². The van der Waals surface area contributed by atoms with Crippen molar-refractivity contribution in [2.75, 3.05) is 11.9 Å². The molecule has 0 spiro atoms. The Hall–Kier alpha value is -0.400. The minimum atomic E-state index is 0.549. The van der Waals surface area contributed by atoms with Gasteiger partial charge in [-0.05, 0) is 30.0 Å². The maximum Gasteiger partial charge on any atom is 0.0655 e. The molecule has 0 fully saturated rings. The normalized spacial score (nSPS) is 20.7. The average Bonchev–Trinajstić information content (AvgIpc) is 2.07. The number of rotatable bonds is 0. The number of hydrogen-bond donors (Lipinski definition) is 1. The number of anilines is 1. The zero-order valence-electron chi connectivity index (χ0n) is 7.40. The lowest BCUT2D eigenvalue weighted by Crippen LogP contribution is -2.15. The van der Waals surface area contributed by atoms with Gasteiger partial charge in [0, 0.05) is 11.6 Å². The van der Waals surface area contributed by atoms with Crippen LogP contribution in [-0.4, -0.2) is 6.54 Å². The van der Waals surface area contributed by atoms with E-state index in [1.165, 1.54) is 5.56 Å². The maximum absolute atomic E-state index is 6.07. The van der Waals surface area contributed by atoms with E-state index in [1.807, 2.05) is 6.07 Å². The molecule has 1 atom stereocenters. The van der Waals surface area contributed by atoms with Gasteiger partial charge < -0.3 is 5.32 Å². The summed E-state index contributed by atoms with van der Waals surface area (Å²) in [6.45, 7) is 3.20. The van der Waals surface area contributed by atoms with Crippen molar-refractivity contribution in [2.45, 2.75) is 19.3 Å². The van der Waals surface area contributed by atoms with Gasteiger partial charge in [-0.3, -0.25) is 0 Å². The monoisotopic (exact) mass is 215 g/mol. The van der Waals surface area contributed by atoms with Gasteiger partial charge in [-0.25, -0.2) is 0 Å². The number of halogens is 2. The zero-order valence-corrected chi connectivity index (χ0v) is 8.91. The predicted molar refractivity (Wildman–Crippen MR) is 58.0 cm³/mol. The summed E-state index contributed by atoms with van der Waals surface area (Å²) in [5, 5.41) is 4.75. The second-order valence-electron chi connectivity index (χ2n) is 3.47. The minimum absolute atomic E-state index is 0.549. The van der Waals surface area contributed by atoms with Crippen LogP contribution in [0.5, 0.6) is 0 Å². The van der Waals surface area contributed by atoms with E-state index < -0.39 is 0 Å². The van der Waals surface area contributed by atoms with Gasteiger partial charge in [0.1, 0.15) is 0 Å². The highest BCUT2D eigenvalue weighted by Crippen LogP contribution is 2.38. The Morgan fingerprint density at radius 3 is 2.92 bits per heavy atom. The van der Waals surface area contributed by atoms with Gasteiger partial charge in [-0.1, -0.05) is 30.1 Å². The molecule has 1 N–H and O–H groups in total. The van der Waals surface area contributed by atoms with Crippen molar-refractivity contribution in [1.29, 1.82) is 0 Å². The Labute approximate surface area is 88.0 Å². The van der Waals surface area contributed by atoms with E-state index in [-0.39, 0.29) is 0 Å². The third-order valence-corrected chi connectivity index (χ3v) is 3.01. The summed E-state index contributed by atoms with van der Waals surface area (Å²) < 4.78 is 0. The number of hydrogen-bond acceptors (Lipinski definition) is 1. The molecule has 13 heavy (non-hydrogen) atoms. The molecule has 0 aliphatic carbocycles. The van der Waals surface area contributed by atoms with Gasteiger partial charge in [0.15, 0.2) is 0 Å². The van der Waals surface area contributed by atoms with Crippen molar-refractivity contribution in [3.8, 4) is 0 Å². The quantitative estimate of drug-likeness (QED) is 0.693. The second-order valence-corrected chi connectivity index (χ2v) is 4.31. The molecule has 0 saturated carbocycles. The fourth-order valence-electron chi connectivity index (χ4n) is 1.74. The smallest absolute Gasteiger partial charge is 0.0655 e. The summed E-state index contributed by atoms with van der Waals surface area (Å²) in [5.41, 5.74) is 2.30. The molecular formula is C10H11Cl2N. The standard InChI is InChI=1S/C10H11Cl2N/c1-6-2-3-13-10-8(6)4-7(11)5-9(10)12/h4-6,13H,2-3H2,1H3. The summed E-state index contributed by atoms with van der Waals surface area (Å²) >= 11 is 12.0. The van der Waals surface area contributed by atoms with Crippen molar-refractivity contribution in [1.82, 2.24) is 0 Å². The lowest BCUT2D eigenvalue weighted by Gasteiger charge is -2.24. The Kier molecular flexibility index (Phi) is 2.39. The van der Waals surface area contributed by atoms with Crippen LogP contribution in [0.15, 0.2) is 12.1 Å². The molecule has 1 nitrogen and oxygen atoms in total. The maximum atomic E-state index is 6.07.